The molecule has 0 aliphatic heterocycles. The minimum absolute atomic E-state index is 0.439. The van der Waals surface area contributed by atoms with Crippen LogP contribution in [-0.2, 0) is 0 Å². The van der Waals surface area contributed by atoms with E-state index in [-0.39, 0.29) is 0 Å². The van der Waals surface area contributed by atoms with Gasteiger partial charge in [0, 0.05) is 16.2 Å². The molecule has 0 saturated carbocycles. The van der Waals surface area contributed by atoms with Crippen LogP contribution in [0.2, 0.25) is 0 Å². The Kier molecular flexibility index (Phi) is 3.99. The summed E-state index contributed by atoms with van der Waals surface area (Å²) in [5.41, 5.74) is 1.69. The van der Waals surface area contributed by atoms with E-state index in [1.165, 1.54) is 0 Å². The number of ether oxygens (including phenoxy) is 1. The zero-order valence-corrected chi connectivity index (χ0v) is 11.8. The number of aliphatic hydroxyl groups is 1. The monoisotopic (exact) mass is 307 g/mol. The first kappa shape index (κ1) is 13.1. The number of pyridine rings is 1. The summed E-state index contributed by atoms with van der Waals surface area (Å²) in [5.74, 6) is 1.17. The zero-order chi connectivity index (χ0) is 13.1. The summed E-state index contributed by atoms with van der Waals surface area (Å²) in [4.78, 5) is 4.17. The molecule has 18 heavy (non-hydrogen) atoms. The molecule has 94 valence electrons. The Morgan fingerprint density at radius 2 is 2.11 bits per heavy atom. The normalized spacial score (nSPS) is 12.2. The summed E-state index contributed by atoms with van der Waals surface area (Å²) < 4.78 is 6.72. The highest BCUT2D eigenvalue weighted by molar-refractivity contribution is 9.10. The molecule has 0 aliphatic carbocycles. The third kappa shape index (κ3) is 2.89. The van der Waals surface area contributed by atoms with E-state index in [0.717, 1.165) is 15.8 Å². The third-order valence-corrected chi connectivity index (χ3v) is 3.10. The second-order valence-electron chi connectivity index (χ2n) is 4.09. The molecule has 3 nitrogen and oxygen atoms in total. The summed E-state index contributed by atoms with van der Waals surface area (Å²) in [6, 6.07) is 9.39. The average Bonchev–Trinajstić information content (AvgIpc) is 2.34. The van der Waals surface area contributed by atoms with Crippen LogP contribution in [-0.4, -0.2) is 10.1 Å². The van der Waals surface area contributed by atoms with E-state index < -0.39 is 6.10 Å². The Bertz CT molecular complexity index is 555. The fourth-order valence-electron chi connectivity index (χ4n) is 1.59. The van der Waals surface area contributed by atoms with Crippen molar-refractivity contribution in [2.45, 2.75) is 20.0 Å². The van der Waals surface area contributed by atoms with Gasteiger partial charge in [0.2, 0.25) is 5.88 Å². The number of aryl methyl sites for hydroxylation is 1. The van der Waals surface area contributed by atoms with Gasteiger partial charge in [0.05, 0.1) is 6.10 Å². The minimum atomic E-state index is -0.610. The van der Waals surface area contributed by atoms with E-state index in [9.17, 15) is 5.11 Å². The smallest absolute Gasteiger partial charge is 0.225 e. The molecule has 0 bridgehead atoms. The molecule has 1 aromatic carbocycles. The molecule has 0 radical (unpaired) electrons. The number of hydrogen-bond acceptors (Lipinski definition) is 3. The first-order valence-electron chi connectivity index (χ1n) is 5.65. The Morgan fingerprint density at radius 3 is 2.83 bits per heavy atom. The maximum Gasteiger partial charge on any atom is 0.225 e. The first-order valence-corrected chi connectivity index (χ1v) is 6.44. The van der Waals surface area contributed by atoms with Crippen LogP contribution in [0.5, 0.6) is 11.6 Å². The van der Waals surface area contributed by atoms with Crippen LogP contribution in [0.25, 0.3) is 0 Å². The Hall–Kier alpha value is -1.39. The molecule has 0 spiro atoms. The molecule has 0 amide bonds. The summed E-state index contributed by atoms with van der Waals surface area (Å²) in [6.07, 6.45) is 1.04. The largest absolute Gasteiger partial charge is 0.438 e. The quantitative estimate of drug-likeness (QED) is 0.932. The van der Waals surface area contributed by atoms with Gasteiger partial charge in [0.25, 0.3) is 0 Å². The van der Waals surface area contributed by atoms with Crippen molar-refractivity contribution < 1.29 is 9.84 Å². The molecule has 0 saturated heterocycles. The van der Waals surface area contributed by atoms with Gasteiger partial charge >= 0.3 is 0 Å². The van der Waals surface area contributed by atoms with Gasteiger partial charge in [-0.15, -0.1) is 0 Å². The standard InChI is InChI=1S/C14H14BrNO2/c1-9-5-6-11(15)8-13(9)18-14-12(10(2)17)4-3-7-16-14/h3-8,10,17H,1-2H3/t10-/m1/s1. The SMILES string of the molecule is Cc1ccc(Br)cc1Oc1ncccc1[C@@H](C)O. The van der Waals surface area contributed by atoms with Gasteiger partial charge < -0.3 is 9.84 Å². The van der Waals surface area contributed by atoms with Crippen LogP contribution < -0.4 is 4.74 Å². The van der Waals surface area contributed by atoms with Gasteiger partial charge in [0.1, 0.15) is 5.75 Å². The molecule has 2 aromatic rings. The lowest BCUT2D eigenvalue weighted by atomic mass is 10.2. The molecule has 0 fully saturated rings. The van der Waals surface area contributed by atoms with Crippen molar-refractivity contribution in [1.82, 2.24) is 4.98 Å². The third-order valence-electron chi connectivity index (χ3n) is 2.61. The van der Waals surface area contributed by atoms with E-state index >= 15 is 0 Å². The number of aromatic nitrogens is 1. The summed E-state index contributed by atoms with van der Waals surface area (Å²) >= 11 is 3.41. The van der Waals surface area contributed by atoms with Crippen molar-refractivity contribution in [2.75, 3.05) is 0 Å². The predicted molar refractivity (Wildman–Crippen MR) is 73.8 cm³/mol. The number of rotatable bonds is 3. The lowest BCUT2D eigenvalue weighted by molar-refractivity contribution is 0.194. The van der Waals surface area contributed by atoms with Gasteiger partial charge in [-0.05, 0) is 43.7 Å². The zero-order valence-electron chi connectivity index (χ0n) is 10.2. The van der Waals surface area contributed by atoms with Gasteiger partial charge in [-0.25, -0.2) is 4.98 Å². The van der Waals surface area contributed by atoms with Crippen molar-refractivity contribution in [2.24, 2.45) is 0 Å². The maximum absolute atomic E-state index is 9.68. The first-order chi connectivity index (χ1) is 8.58. The Morgan fingerprint density at radius 1 is 1.33 bits per heavy atom. The summed E-state index contributed by atoms with van der Waals surface area (Å²) in [5, 5.41) is 9.68. The molecular weight excluding hydrogens is 294 g/mol. The van der Waals surface area contributed by atoms with Crippen molar-refractivity contribution in [3.8, 4) is 11.6 Å². The molecule has 1 heterocycles. The number of nitrogens with zero attached hydrogens (tertiary/aromatic N) is 1. The highest BCUT2D eigenvalue weighted by atomic mass is 79.9. The highest BCUT2D eigenvalue weighted by Gasteiger charge is 2.11. The van der Waals surface area contributed by atoms with E-state index in [1.54, 1.807) is 25.3 Å². The fraction of sp³-hybridized carbons (Fsp3) is 0.214. The van der Waals surface area contributed by atoms with E-state index in [0.29, 0.717) is 11.4 Å². The van der Waals surface area contributed by atoms with Gasteiger partial charge in [-0.1, -0.05) is 22.0 Å². The van der Waals surface area contributed by atoms with Gasteiger partial charge in [-0.3, -0.25) is 0 Å². The van der Waals surface area contributed by atoms with Gasteiger partial charge in [0.15, 0.2) is 0 Å². The maximum atomic E-state index is 9.68. The van der Waals surface area contributed by atoms with Crippen molar-refractivity contribution in [3.63, 3.8) is 0 Å². The molecular formula is C14H14BrNO2. The second kappa shape index (κ2) is 5.50. The summed E-state index contributed by atoms with van der Waals surface area (Å²) in [6.45, 7) is 3.66. The topological polar surface area (TPSA) is 42.4 Å². The molecule has 0 aliphatic rings. The fourth-order valence-corrected chi connectivity index (χ4v) is 1.93. The van der Waals surface area contributed by atoms with Crippen molar-refractivity contribution in [1.29, 1.82) is 0 Å². The molecule has 2 rings (SSSR count). The average molecular weight is 308 g/mol. The number of hydrogen-bond donors (Lipinski definition) is 1. The van der Waals surface area contributed by atoms with E-state index in [2.05, 4.69) is 20.9 Å². The lowest BCUT2D eigenvalue weighted by Crippen LogP contribution is -1.98. The molecule has 1 N–H and O–H groups in total. The lowest BCUT2D eigenvalue weighted by Gasteiger charge is -2.13. The van der Waals surface area contributed by atoms with Crippen LogP contribution in [0.1, 0.15) is 24.2 Å². The van der Waals surface area contributed by atoms with Crippen LogP contribution >= 0.6 is 15.9 Å². The van der Waals surface area contributed by atoms with Gasteiger partial charge in [-0.2, -0.15) is 0 Å². The molecule has 0 unspecified atom stereocenters. The van der Waals surface area contributed by atoms with Crippen molar-refractivity contribution >= 4 is 15.9 Å². The molecule has 1 atom stereocenters. The van der Waals surface area contributed by atoms with Crippen molar-refractivity contribution in [3.05, 3.63) is 52.1 Å². The Labute approximate surface area is 115 Å². The number of aliphatic hydroxyl groups excluding tert-OH is 1. The van der Waals surface area contributed by atoms with E-state index in [1.807, 2.05) is 25.1 Å². The number of benzene rings is 1. The molecule has 1 aromatic heterocycles. The predicted octanol–water partition coefficient (Wildman–Crippen LogP) is 4.00. The number of halogens is 1. The van der Waals surface area contributed by atoms with E-state index in [4.69, 9.17) is 4.74 Å². The highest BCUT2D eigenvalue weighted by Crippen LogP contribution is 2.30. The Balaban J connectivity index is 2.37. The minimum Gasteiger partial charge on any atom is -0.438 e. The van der Waals surface area contributed by atoms with Crippen LogP contribution in [0.15, 0.2) is 41.0 Å². The molecule has 4 heteroatoms. The van der Waals surface area contributed by atoms with Crippen LogP contribution in [0, 0.1) is 6.92 Å². The van der Waals surface area contributed by atoms with Crippen LogP contribution in [0.4, 0.5) is 0 Å². The summed E-state index contributed by atoms with van der Waals surface area (Å²) in [7, 11) is 0. The van der Waals surface area contributed by atoms with Crippen LogP contribution in [0.3, 0.4) is 0 Å². The second-order valence-corrected chi connectivity index (χ2v) is 5.00.